The van der Waals surface area contributed by atoms with Gasteiger partial charge in [-0.05, 0) is 55.7 Å². The van der Waals surface area contributed by atoms with E-state index in [1.807, 2.05) is 24.4 Å². The maximum Gasteiger partial charge on any atom is 0.335 e. The number of rotatable bonds is 4. The number of hydrogen-bond acceptors (Lipinski definition) is 4. The van der Waals surface area contributed by atoms with Crippen LogP contribution in [0.25, 0.3) is 22.7 Å². The lowest BCUT2D eigenvalue weighted by atomic mass is 10.1. The first-order valence-corrected chi connectivity index (χ1v) is 9.41. The molecule has 2 heterocycles. The monoisotopic (exact) mass is 375 g/mol. The molecule has 1 aliphatic heterocycles. The molecule has 0 aliphatic carbocycles. The van der Waals surface area contributed by atoms with Gasteiger partial charge in [-0.15, -0.1) is 0 Å². The van der Waals surface area contributed by atoms with Gasteiger partial charge in [0, 0.05) is 19.3 Å². The highest BCUT2D eigenvalue weighted by atomic mass is 16.4. The summed E-state index contributed by atoms with van der Waals surface area (Å²) < 4.78 is 1.48. The maximum absolute atomic E-state index is 13.2. The molecular formula is C22H21N3O3. The van der Waals surface area contributed by atoms with E-state index in [9.17, 15) is 14.7 Å². The van der Waals surface area contributed by atoms with Gasteiger partial charge >= 0.3 is 5.97 Å². The molecule has 3 aromatic rings. The number of hydrogen-bond donors (Lipinski definition) is 1. The SMILES string of the molecule is O=C(O)c1cccc(-n2c(/C=C/N3CCCCC3)nc3ccccc3c2=O)c1. The van der Waals surface area contributed by atoms with Crippen molar-refractivity contribution in [3.63, 3.8) is 0 Å². The van der Waals surface area contributed by atoms with Crippen LogP contribution >= 0.6 is 0 Å². The molecule has 1 fully saturated rings. The molecule has 0 spiro atoms. The highest BCUT2D eigenvalue weighted by Gasteiger charge is 2.13. The molecule has 0 amide bonds. The fourth-order valence-corrected chi connectivity index (χ4v) is 3.53. The summed E-state index contributed by atoms with van der Waals surface area (Å²) >= 11 is 0. The van der Waals surface area contributed by atoms with Gasteiger partial charge in [-0.2, -0.15) is 0 Å². The molecule has 0 bridgehead atoms. The molecule has 6 nitrogen and oxygen atoms in total. The van der Waals surface area contributed by atoms with Crippen molar-refractivity contribution in [2.24, 2.45) is 0 Å². The zero-order chi connectivity index (χ0) is 19.5. The van der Waals surface area contributed by atoms with Crippen LogP contribution in [-0.2, 0) is 0 Å². The van der Waals surface area contributed by atoms with Crippen LogP contribution in [0.4, 0.5) is 0 Å². The lowest BCUT2D eigenvalue weighted by Crippen LogP contribution is -2.25. The van der Waals surface area contributed by atoms with E-state index in [1.165, 1.54) is 23.1 Å². The Morgan fingerprint density at radius 1 is 1.04 bits per heavy atom. The number of likely N-dealkylation sites (tertiary alicyclic amines) is 1. The zero-order valence-corrected chi connectivity index (χ0v) is 15.4. The van der Waals surface area contributed by atoms with Gasteiger partial charge in [0.25, 0.3) is 5.56 Å². The predicted molar refractivity (Wildman–Crippen MR) is 109 cm³/mol. The van der Waals surface area contributed by atoms with Crippen molar-refractivity contribution in [1.29, 1.82) is 0 Å². The Balaban J connectivity index is 1.88. The molecule has 28 heavy (non-hydrogen) atoms. The Morgan fingerprint density at radius 3 is 2.61 bits per heavy atom. The number of carboxylic acids is 1. The summed E-state index contributed by atoms with van der Waals surface area (Å²) in [6.07, 6.45) is 7.37. The largest absolute Gasteiger partial charge is 0.478 e. The van der Waals surface area contributed by atoms with Crippen molar-refractivity contribution in [1.82, 2.24) is 14.5 Å². The number of para-hydroxylation sites is 1. The fraction of sp³-hybridized carbons (Fsp3) is 0.227. The second kappa shape index (κ2) is 7.68. The highest BCUT2D eigenvalue weighted by Crippen LogP contribution is 2.17. The van der Waals surface area contributed by atoms with E-state index in [0.29, 0.717) is 22.4 Å². The third kappa shape index (κ3) is 3.53. The van der Waals surface area contributed by atoms with Crippen molar-refractivity contribution >= 4 is 22.9 Å². The molecule has 1 aliphatic rings. The summed E-state index contributed by atoms with van der Waals surface area (Å²) in [7, 11) is 0. The van der Waals surface area contributed by atoms with Crippen LogP contribution in [0, 0.1) is 0 Å². The summed E-state index contributed by atoms with van der Waals surface area (Å²) in [5.41, 5.74) is 1.02. The molecule has 142 valence electrons. The Labute approximate surface area is 162 Å². The average molecular weight is 375 g/mol. The Hall–Kier alpha value is -3.41. The smallest absolute Gasteiger partial charge is 0.335 e. The lowest BCUT2D eigenvalue weighted by molar-refractivity contribution is 0.0697. The van der Waals surface area contributed by atoms with E-state index in [-0.39, 0.29) is 11.1 Å². The summed E-state index contributed by atoms with van der Waals surface area (Å²) in [6.45, 7) is 1.98. The van der Waals surface area contributed by atoms with E-state index in [4.69, 9.17) is 0 Å². The van der Waals surface area contributed by atoms with Gasteiger partial charge in [0.15, 0.2) is 0 Å². The number of fused-ring (bicyclic) bond motifs is 1. The normalized spacial score (nSPS) is 14.6. The van der Waals surface area contributed by atoms with E-state index < -0.39 is 5.97 Å². The fourth-order valence-electron chi connectivity index (χ4n) is 3.53. The van der Waals surface area contributed by atoms with Crippen molar-refractivity contribution < 1.29 is 9.90 Å². The quantitative estimate of drug-likeness (QED) is 0.755. The summed E-state index contributed by atoms with van der Waals surface area (Å²) in [5.74, 6) is -0.550. The molecule has 0 atom stereocenters. The minimum absolute atomic E-state index is 0.128. The molecule has 1 saturated heterocycles. The summed E-state index contributed by atoms with van der Waals surface area (Å²) in [5, 5.41) is 9.81. The number of carboxylic acid groups (broad SMARTS) is 1. The van der Waals surface area contributed by atoms with Crippen LogP contribution in [0.2, 0.25) is 0 Å². The van der Waals surface area contributed by atoms with Gasteiger partial charge in [0.05, 0.1) is 22.2 Å². The van der Waals surface area contributed by atoms with Crippen LogP contribution in [0.3, 0.4) is 0 Å². The van der Waals surface area contributed by atoms with Crippen molar-refractivity contribution in [2.45, 2.75) is 19.3 Å². The van der Waals surface area contributed by atoms with E-state index in [1.54, 1.807) is 24.3 Å². The number of aromatic carboxylic acids is 1. The van der Waals surface area contributed by atoms with Gasteiger partial charge in [-0.3, -0.25) is 9.36 Å². The number of piperidine rings is 1. The molecule has 1 N–H and O–H groups in total. The first-order valence-electron chi connectivity index (χ1n) is 9.41. The van der Waals surface area contributed by atoms with Crippen molar-refractivity contribution in [3.05, 3.63) is 76.5 Å². The number of carbonyl (C=O) groups is 1. The number of aromatic nitrogens is 2. The molecule has 2 aromatic carbocycles. The van der Waals surface area contributed by atoms with Crippen LogP contribution in [0.15, 0.2) is 59.5 Å². The minimum Gasteiger partial charge on any atom is -0.478 e. The van der Waals surface area contributed by atoms with Crippen molar-refractivity contribution in [3.8, 4) is 5.69 Å². The van der Waals surface area contributed by atoms with Gasteiger partial charge in [0.2, 0.25) is 0 Å². The van der Waals surface area contributed by atoms with Crippen LogP contribution in [-0.4, -0.2) is 38.6 Å². The first kappa shape index (κ1) is 18.0. The van der Waals surface area contributed by atoms with E-state index >= 15 is 0 Å². The molecule has 0 radical (unpaired) electrons. The van der Waals surface area contributed by atoms with Crippen molar-refractivity contribution in [2.75, 3.05) is 13.1 Å². The Kier molecular flexibility index (Phi) is 4.93. The van der Waals surface area contributed by atoms with Gasteiger partial charge < -0.3 is 10.0 Å². The number of nitrogens with zero attached hydrogens (tertiary/aromatic N) is 3. The zero-order valence-electron chi connectivity index (χ0n) is 15.4. The Bertz CT molecular complexity index is 1110. The molecule has 4 rings (SSSR count). The van der Waals surface area contributed by atoms with E-state index in [0.717, 1.165) is 25.9 Å². The second-order valence-corrected chi connectivity index (χ2v) is 6.90. The maximum atomic E-state index is 13.2. The standard InChI is InChI=1S/C22H21N3O3/c26-21-18-9-2-3-10-19(18)23-20(11-14-24-12-4-1-5-13-24)25(21)17-8-6-7-16(15-17)22(27)28/h2-3,6-11,14-15H,1,4-5,12-13H2,(H,27,28)/b14-11+. The first-order chi connectivity index (χ1) is 13.6. The second-order valence-electron chi connectivity index (χ2n) is 6.90. The average Bonchev–Trinajstić information content (AvgIpc) is 2.73. The lowest BCUT2D eigenvalue weighted by Gasteiger charge is -2.24. The van der Waals surface area contributed by atoms with Crippen LogP contribution < -0.4 is 5.56 Å². The van der Waals surface area contributed by atoms with Crippen LogP contribution in [0.5, 0.6) is 0 Å². The van der Waals surface area contributed by atoms with Gasteiger partial charge in [-0.25, -0.2) is 9.78 Å². The summed E-state index contributed by atoms with van der Waals surface area (Å²) in [6, 6.07) is 13.6. The van der Waals surface area contributed by atoms with Gasteiger partial charge in [-0.1, -0.05) is 18.2 Å². The van der Waals surface area contributed by atoms with E-state index in [2.05, 4.69) is 9.88 Å². The molecular weight excluding hydrogens is 354 g/mol. The third-order valence-electron chi connectivity index (χ3n) is 4.98. The molecule has 0 unspecified atom stereocenters. The van der Waals surface area contributed by atoms with Gasteiger partial charge in [0.1, 0.15) is 5.82 Å². The molecule has 0 saturated carbocycles. The van der Waals surface area contributed by atoms with Crippen LogP contribution in [0.1, 0.15) is 35.4 Å². The molecule has 1 aromatic heterocycles. The Morgan fingerprint density at radius 2 is 1.82 bits per heavy atom. The highest BCUT2D eigenvalue weighted by molar-refractivity contribution is 5.88. The topological polar surface area (TPSA) is 75.4 Å². The minimum atomic E-state index is -1.03. The third-order valence-corrected chi connectivity index (χ3v) is 4.98. The predicted octanol–water partition coefficient (Wildman–Crippen LogP) is 3.54. The molecule has 6 heteroatoms. The summed E-state index contributed by atoms with van der Waals surface area (Å²) in [4.78, 5) is 31.5. The number of benzene rings is 2.